The summed E-state index contributed by atoms with van der Waals surface area (Å²) in [6, 6.07) is 1.75. The Labute approximate surface area is 111 Å². The topological polar surface area (TPSA) is 74.3 Å². The summed E-state index contributed by atoms with van der Waals surface area (Å²) in [7, 11) is 0. The SMILES string of the molecule is Clc1cnn(-c2nc(Cl)nc(-n3cccn3)n2)c1. The van der Waals surface area contributed by atoms with Crippen LogP contribution in [0.15, 0.2) is 30.9 Å². The van der Waals surface area contributed by atoms with Crippen molar-refractivity contribution >= 4 is 23.2 Å². The number of hydrogen-bond donors (Lipinski definition) is 0. The lowest BCUT2D eigenvalue weighted by Gasteiger charge is -2.03. The minimum Gasteiger partial charge on any atom is -0.206 e. The summed E-state index contributed by atoms with van der Waals surface area (Å²) < 4.78 is 2.88. The van der Waals surface area contributed by atoms with Gasteiger partial charge in [-0.05, 0) is 17.7 Å². The first kappa shape index (κ1) is 11.1. The number of hydrogen-bond acceptors (Lipinski definition) is 5. The van der Waals surface area contributed by atoms with Gasteiger partial charge in [-0.25, -0.2) is 9.36 Å². The summed E-state index contributed by atoms with van der Waals surface area (Å²) in [5.74, 6) is 0.578. The maximum atomic E-state index is 5.85. The number of aromatic nitrogens is 7. The third-order valence-corrected chi connectivity index (χ3v) is 2.41. The predicted octanol–water partition coefficient (Wildman–Crippen LogP) is 1.55. The zero-order valence-electron chi connectivity index (χ0n) is 8.77. The second kappa shape index (κ2) is 4.35. The van der Waals surface area contributed by atoms with Gasteiger partial charge in [-0.3, -0.25) is 0 Å². The molecule has 3 aromatic heterocycles. The van der Waals surface area contributed by atoms with E-state index in [0.717, 1.165) is 0 Å². The molecule has 0 N–H and O–H groups in total. The van der Waals surface area contributed by atoms with E-state index < -0.39 is 0 Å². The van der Waals surface area contributed by atoms with Gasteiger partial charge in [0, 0.05) is 12.4 Å². The average Bonchev–Trinajstić information content (AvgIpc) is 2.98. The van der Waals surface area contributed by atoms with Crippen molar-refractivity contribution in [3.05, 3.63) is 41.2 Å². The van der Waals surface area contributed by atoms with Crippen LogP contribution < -0.4 is 0 Å². The molecule has 3 aromatic rings. The summed E-state index contributed by atoms with van der Waals surface area (Å²) in [6.45, 7) is 0. The van der Waals surface area contributed by atoms with Crippen LogP contribution in [0.25, 0.3) is 11.9 Å². The van der Waals surface area contributed by atoms with Crippen molar-refractivity contribution in [3.63, 3.8) is 0 Å². The van der Waals surface area contributed by atoms with Crippen LogP contribution in [-0.2, 0) is 0 Å². The molecule has 0 saturated heterocycles. The van der Waals surface area contributed by atoms with E-state index in [1.807, 2.05) is 0 Å². The molecular formula is C9H5Cl2N7. The summed E-state index contributed by atoms with van der Waals surface area (Å²) >= 11 is 11.6. The molecule has 18 heavy (non-hydrogen) atoms. The van der Waals surface area contributed by atoms with E-state index in [4.69, 9.17) is 23.2 Å². The van der Waals surface area contributed by atoms with Crippen LogP contribution in [0.2, 0.25) is 10.3 Å². The first-order chi connectivity index (χ1) is 8.72. The van der Waals surface area contributed by atoms with E-state index in [0.29, 0.717) is 11.0 Å². The van der Waals surface area contributed by atoms with Gasteiger partial charge in [-0.15, -0.1) is 0 Å². The molecule has 0 bridgehead atoms. The van der Waals surface area contributed by atoms with Gasteiger partial charge in [-0.1, -0.05) is 11.6 Å². The highest BCUT2D eigenvalue weighted by Crippen LogP contribution is 2.11. The average molecular weight is 282 g/mol. The van der Waals surface area contributed by atoms with Gasteiger partial charge >= 0.3 is 0 Å². The Bertz CT molecular complexity index is 676. The fraction of sp³-hybridized carbons (Fsp3) is 0. The Morgan fingerprint density at radius 1 is 0.944 bits per heavy atom. The third kappa shape index (κ3) is 2.05. The quantitative estimate of drug-likeness (QED) is 0.713. The minimum absolute atomic E-state index is 0.0529. The molecule has 0 spiro atoms. The van der Waals surface area contributed by atoms with Gasteiger partial charge in [0.2, 0.25) is 5.28 Å². The van der Waals surface area contributed by atoms with Gasteiger partial charge in [0.25, 0.3) is 11.9 Å². The molecule has 0 saturated carbocycles. The largest absolute Gasteiger partial charge is 0.256 e. The molecule has 7 nitrogen and oxygen atoms in total. The molecular weight excluding hydrogens is 277 g/mol. The zero-order chi connectivity index (χ0) is 12.5. The summed E-state index contributed by atoms with van der Waals surface area (Å²) in [6.07, 6.45) is 6.36. The van der Waals surface area contributed by atoms with Crippen LogP contribution in [0.4, 0.5) is 0 Å². The standard InChI is InChI=1S/C9H5Cl2N7/c10-6-4-13-18(5-6)9-15-7(11)14-8(16-9)17-3-1-2-12-17/h1-5H. The maximum Gasteiger partial charge on any atom is 0.256 e. The molecule has 0 aliphatic rings. The number of rotatable bonds is 2. The second-order valence-electron chi connectivity index (χ2n) is 3.26. The Hall–Kier alpha value is -1.99. The molecule has 0 amide bonds. The molecule has 0 radical (unpaired) electrons. The molecule has 0 unspecified atom stereocenters. The molecule has 3 rings (SSSR count). The first-order valence-electron chi connectivity index (χ1n) is 4.84. The molecule has 3 heterocycles. The zero-order valence-corrected chi connectivity index (χ0v) is 10.3. The van der Waals surface area contributed by atoms with Crippen molar-refractivity contribution in [1.29, 1.82) is 0 Å². The third-order valence-electron chi connectivity index (χ3n) is 2.05. The van der Waals surface area contributed by atoms with E-state index in [1.165, 1.54) is 15.6 Å². The van der Waals surface area contributed by atoms with Crippen LogP contribution in [0, 0.1) is 0 Å². The van der Waals surface area contributed by atoms with Crippen molar-refractivity contribution in [2.75, 3.05) is 0 Å². The van der Waals surface area contributed by atoms with Gasteiger partial charge in [0.15, 0.2) is 0 Å². The predicted molar refractivity (Wildman–Crippen MR) is 64.1 cm³/mol. The van der Waals surface area contributed by atoms with Gasteiger partial charge < -0.3 is 0 Å². The van der Waals surface area contributed by atoms with Crippen LogP contribution >= 0.6 is 23.2 Å². The van der Waals surface area contributed by atoms with Crippen LogP contribution in [0.1, 0.15) is 0 Å². The van der Waals surface area contributed by atoms with Gasteiger partial charge in [0.05, 0.1) is 17.4 Å². The van der Waals surface area contributed by atoms with Gasteiger partial charge in [0.1, 0.15) is 0 Å². The fourth-order valence-corrected chi connectivity index (χ4v) is 1.62. The second-order valence-corrected chi connectivity index (χ2v) is 4.03. The monoisotopic (exact) mass is 281 g/mol. The highest BCUT2D eigenvalue weighted by Gasteiger charge is 2.09. The van der Waals surface area contributed by atoms with E-state index in [2.05, 4.69) is 25.1 Å². The Morgan fingerprint density at radius 2 is 1.72 bits per heavy atom. The van der Waals surface area contributed by atoms with Crippen molar-refractivity contribution < 1.29 is 0 Å². The molecule has 0 aliphatic carbocycles. The number of nitrogens with zero attached hydrogens (tertiary/aromatic N) is 7. The summed E-state index contributed by atoms with van der Waals surface area (Å²) in [4.78, 5) is 12.1. The van der Waals surface area contributed by atoms with Crippen molar-refractivity contribution in [3.8, 4) is 11.9 Å². The lowest BCUT2D eigenvalue weighted by Crippen LogP contribution is -2.09. The molecule has 9 heteroatoms. The number of halogens is 2. The molecule has 90 valence electrons. The molecule has 0 aromatic carbocycles. The van der Waals surface area contributed by atoms with Crippen LogP contribution in [0.3, 0.4) is 0 Å². The van der Waals surface area contributed by atoms with Crippen molar-refractivity contribution in [1.82, 2.24) is 34.5 Å². The summed E-state index contributed by atoms with van der Waals surface area (Å²) in [5.41, 5.74) is 0. The Morgan fingerprint density at radius 3 is 2.33 bits per heavy atom. The molecule has 0 atom stereocenters. The van der Waals surface area contributed by atoms with E-state index in [1.54, 1.807) is 24.7 Å². The Balaban J connectivity index is 2.11. The lowest BCUT2D eigenvalue weighted by molar-refractivity contribution is 0.744. The smallest absolute Gasteiger partial charge is 0.206 e. The van der Waals surface area contributed by atoms with Gasteiger partial charge in [-0.2, -0.15) is 25.1 Å². The fourth-order valence-electron chi connectivity index (χ4n) is 1.33. The van der Waals surface area contributed by atoms with Crippen LogP contribution in [-0.4, -0.2) is 34.5 Å². The molecule has 0 fully saturated rings. The van der Waals surface area contributed by atoms with E-state index >= 15 is 0 Å². The van der Waals surface area contributed by atoms with E-state index in [9.17, 15) is 0 Å². The Kier molecular flexibility index (Phi) is 2.69. The normalized spacial score (nSPS) is 10.8. The maximum absolute atomic E-state index is 5.85. The first-order valence-corrected chi connectivity index (χ1v) is 5.60. The van der Waals surface area contributed by atoms with Crippen LogP contribution in [0.5, 0.6) is 0 Å². The highest BCUT2D eigenvalue weighted by molar-refractivity contribution is 6.30. The van der Waals surface area contributed by atoms with E-state index in [-0.39, 0.29) is 11.2 Å². The minimum atomic E-state index is 0.0529. The lowest BCUT2D eigenvalue weighted by atomic mass is 10.7. The molecule has 0 aliphatic heterocycles. The van der Waals surface area contributed by atoms with Crippen molar-refractivity contribution in [2.45, 2.75) is 0 Å². The van der Waals surface area contributed by atoms with Crippen molar-refractivity contribution in [2.24, 2.45) is 0 Å². The summed E-state index contributed by atoms with van der Waals surface area (Å²) in [5, 5.41) is 8.54. The highest BCUT2D eigenvalue weighted by atomic mass is 35.5.